The van der Waals surface area contributed by atoms with Crippen molar-refractivity contribution in [2.45, 2.75) is 26.9 Å². The molecular weight excluding hydrogens is 172 g/mol. The molecule has 0 aliphatic rings. The number of esters is 1. The van der Waals surface area contributed by atoms with Crippen LogP contribution in [0.25, 0.3) is 0 Å². The summed E-state index contributed by atoms with van der Waals surface area (Å²) in [5, 5.41) is 0. The fourth-order valence-corrected chi connectivity index (χ4v) is 1.09. The smallest absolute Gasteiger partial charge is 0.371 e. The van der Waals surface area contributed by atoms with E-state index in [-0.39, 0.29) is 18.1 Å². The Hall–Kier alpha value is -1.19. The third kappa shape index (κ3) is 3.83. The fraction of sp³-hybridized carbons (Fsp3) is 0.667. The molecule has 4 nitrogen and oxygen atoms in total. The van der Waals surface area contributed by atoms with Gasteiger partial charge in [-0.15, -0.1) is 0 Å². The van der Waals surface area contributed by atoms with Crippen LogP contribution >= 0.6 is 0 Å². The minimum Gasteiger partial charge on any atom is -0.456 e. The molecular formula is C9H14O4. The van der Waals surface area contributed by atoms with Crippen molar-refractivity contribution in [2.24, 2.45) is 11.8 Å². The van der Waals surface area contributed by atoms with Crippen LogP contribution in [0, 0.1) is 11.8 Å². The number of hydrogen-bond donors (Lipinski definition) is 0. The Balaban J connectivity index is 4.33. The summed E-state index contributed by atoms with van der Waals surface area (Å²) in [7, 11) is 0. The lowest BCUT2D eigenvalue weighted by molar-refractivity contribution is -0.157. The van der Waals surface area contributed by atoms with Crippen LogP contribution in [0.1, 0.15) is 20.8 Å². The zero-order valence-electron chi connectivity index (χ0n) is 8.02. The number of ether oxygens (including phenoxy) is 1. The molecule has 2 atom stereocenters. The average molecular weight is 186 g/mol. The Morgan fingerprint density at radius 3 is 2.08 bits per heavy atom. The van der Waals surface area contributed by atoms with Crippen LogP contribution in [-0.4, -0.2) is 24.6 Å². The Labute approximate surface area is 77.3 Å². The summed E-state index contributed by atoms with van der Waals surface area (Å²) < 4.78 is 4.78. The van der Waals surface area contributed by atoms with Gasteiger partial charge in [-0.3, -0.25) is 4.79 Å². The topological polar surface area (TPSA) is 60.4 Å². The van der Waals surface area contributed by atoms with E-state index in [1.54, 1.807) is 6.92 Å². The Kier molecular flexibility index (Phi) is 4.96. The predicted octanol–water partition coefficient (Wildman–Crippen LogP) is 0.588. The molecule has 0 rings (SSSR count). The van der Waals surface area contributed by atoms with Gasteiger partial charge >= 0.3 is 5.97 Å². The number of carbonyl (C=O) groups excluding carboxylic acids is 3. The van der Waals surface area contributed by atoms with Gasteiger partial charge < -0.3 is 9.53 Å². The highest BCUT2D eigenvalue weighted by Crippen LogP contribution is 2.14. The first-order chi connectivity index (χ1) is 6.02. The molecule has 0 aliphatic carbocycles. The van der Waals surface area contributed by atoms with Gasteiger partial charge in [-0.05, 0) is 5.92 Å². The molecule has 0 aromatic carbocycles. The maximum atomic E-state index is 10.6. The largest absolute Gasteiger partial charge is 0.456 e. The standard InChI is InChI=1S/C9H14O4/c1-6(2)9(7(3)4-10)13-8(12)5-11/h4-7,9H,1-3H3/t7-,9-/m0/s1. The van der Waals surface area contributed by atoms with Crippen LogP contribution in [0.2, 0.25) is 0 Å². The normalized spacial score (nSPS) is 14.8. The summed E-state index contributed by atoms with van der Waals surface area (Å²) in [6.07, 6.45) is 0.297. The Morgan fingerprint density at radius 1 is 1.23 bits per heavy atom. The summed E-state index contributed by atoms with van der Waals surface area (Å²) in [6, 6.07) is 0. The number of hydrogen-bond acceptors (Lipinski definition) is 4. The molecule has 0 saturated carbocycles. The van der Waals surface area contributed by atoms with Crippen LogP contribution < -0.4 is 0 Å². The molecule has 0 spiro atoms. The zero-order valence-corrected chi connectivity index (χ0v) is 8.02. The lowest BCUT2D eigenvalue weighted by Crippen LogP contribution is -2.31. The maximum absolute atomic E-state index is 10.6. The van der Waals surface area contributed by atoms with Crippen molar-refractivity contribution >= 4 is 18.5 Å². The van der Waals surface area contributed by atoms with E-state index in [0.717, 1.165) is 0 Å². The molecule has 0 N–H and O–H groups in total. The van der Waals surface area contributed by atoms with Crippen LogP contribution in [0.5, 0.6) is 0 Å². The second-order valence-corrected chi connectivity index (χ2v) is 3.26. The van der Waals surface area contributed by atoms with Crippen LogP contribution in [-0.2, 0) is 19.1 Å². The van der Waals surface area contributed by atoms with Gasteiger partial charge in [0, 0.05) is 5.92 Å². The van der Waals surface area contributed by atoms with Gasteiger partial charge in [0.2, 0.25) is 6.29 Å². The summed E-state index contributed by atoms with van der Waals surface area (Å²) in [5.74, 6) is -1.29. The quantitative estimate of drug-likeness (QED) is 0.358. The molecule has 4 heteroatoms. The van der Waals surface area contributed by atoms with Gasteiger partial charge in [-0.2, -0.15) is 0 Å². The van der Waals surface area contributed by atoms with E-state index < -0.39 is 12.1 Å². The van der Waals surface area contributed by atoms with Crippen molar-refractivity contribution in [3.8, 4) is 0 Å². The van der Waals surface area contributed by atoms with E-state index in [0.29, 0.717) is 6.29 Å². The molecule has 0 radical (unpaired) electrons. The van der Waals surface area contributed by atoms with Crippen molar-refractivity contribution in [1.82, 2.24) is 0 Å². The van der Waals surface area contributed by atoms with Gasteiger partial charge in [-0.25, -0.2) is 4.79 Å². The lowest BCUT2D eigenvalue weighted by atomic mass is 9.96. The molecule has 0 heterocycles. The SMILES string of the molecule is CC(C)[C@H](OC(=O)C=O)[C@@H](C)C=O. The molecule has 0 unspecified atom stereocenters. The third-order valence-electron chi connectivity index (χ3n) is 1.74. The summed E-state index contributed by atoms with van der Waals surface area (Å²) >= 11 is 0. The van der Waals surface area contributed by atoms with E-state index in [1.165, 1.54) is 0 Å². The van der Waals surface area contributed by atoms with Crippen molar-refractivity contribution in [1.29, 1.82) is 0 Å². The minimum absolute atomic E-state index is 0.0177. The van der Waals surface area contributed by atoms with Gasteiger partial charge in [0.25, 0.3) is 0 Å². The monoisotopic (exact) mass is 186 g/mol. The van der Waals surface area contributed by atoms with Crippen molar-refractivity contribution in [2.75, 3.05) is 0 Å². The van der Waals surface area contributed by atoms with Gasteiger partial charge in [-0.1, -0.05) is 20.8 Å². The predicted molar refractivity (Wildman–Crippen MR) is 46.0 cm³/mol. The Bertz CT molecular complexity index is 198. The number of aldehydes is 2. The van der Waals surface area contributed by atoms with Gasteiger partial charge in [0.05, 0.1) is 0 Å². The molecule has 13 heavy (non-hydrogen) atoms. The molecule has 0 aromatic heterocycles. The zero-order chi connectivity index (χ0) is 10.4. The van der Waals surface area contributed by atoms with Crippen LogP contribution in [0.15, 0.2) is 0 Å². The molecule has 0 bridgehead atoms. The number of rotatable bonds is 5. The highest BCUT2D eigenvalue weighted by atomic mass is 16.5. The fourth-order valence-electron chi connectivity index (χ4n) is 1.09. The van der Waals surface area contributed by atoms with E-state index >= 15 is 0 Å². The second kappa shape index (κ2) is 5.45. The average Bonchev–Trinajstić information content (AvgIpc) is 2.11. The van der Waals surface area contributed by atoms with Crippen molar-refractivity contribution < 1.29 is 19.1 Å². The van der Waals surface area contributed by atoms with Crippen LogP contribution in [0.4, 0.5) is 0 Å². The highest BCUT2D eigenvalue weighted by Gasteiger charge is 2.24. The molecule has 0 aromatic rings. The summed E-state index contributed by atoms with van der Waals surface area (Å²) in [5.41, 5.74) is 0. The molecule has 0 amide bonds. The summed E-state index contributed by atoms with van der Waals surface area (Å²) in [4.78, 5) is 31.1. The second-order valence-electron chi connectivity index (χ2n) is 3.26. The molecule has 0 fully saturated rings. The first-order valence-corrected chi connectivity index (χ1v) is 4.14. The first-order valence-electron chi connectivity index (χ1n) is 4.14. The lowest BCUT2D eigenvalue weighted by Gasteiger charge is -2.22. The Morgan fingerprint density at radius 2 is 1.77 bits per heavy atom. The summed E-state index contributed by atoms with van der Waals surface area (Å²) in [6.45, 7) is 5.29. The highest BCUT2D eigenvalue weighted by molar-refractivity contribution is 6.20. The van der Waals surface area contributed by atoms with E-state index in [4.69, 9.17) is 4.74 Å². The first kappa shape index (κ1) is 11.8. The van der Waals surface area contributed by atoms with E-state index in [9.17, 15) is 14.4 Å². The number of carbonyl (C=O) groups is 3. The van der Waals surface area contributed by atoms with Crippen molar-refractivity contribution in [3.63, 3.8) is 0 Å². The van der Waals surface area contributed by atoms with Gasteiger partial charge in [0.1, 0.15) is 12.4 Å². The van der Waals surface area contributed by atoms with Crippen LogP contribution in [0.3, 0.4) is 0 Å². The van der Waals surface area contributed by atoms with Crippen molar-refractivity contribution in [3.05, 3.63) is 0 Å². The third-order valence-corrected chi connectivity index (χ3v) is 1.74. The molecule has 0 aliphatic heterocycles. The minimum atomic E-state index is -0.924. The molecule has 74 valence electrons. The molecule has 0 saturated heterocycles. The maximum Gasteiger partial charge on any atom is 0.371 e. The van der Waals surface area contributed by atoms with E-state index in [1.807, 2.05) is 13.8 Å². The van der Waals surface area contributed by atoms with Gasteiger partial charge in [0.15, 0.2) is 0 Å². The van der Waals surface area contributed by atoms with E-state index in [2.05, 4.69) is 0 Å².